The van der Waals surface area contributed by atoms with Gasteiger partial charge in [0.25, 0.3) is 0 Å². The predicted octanol–water partition coefficient (Wildman–Crippen LogP) is 5.46. The van der Waals surface area contributed by atoms with Crippen molar-refractivity contribution in [2.24, 2.45) is 0 Å². The highest BCUT2D eigenvalue weighted by Gasteiger charge is 2.33. The summed E-state index contributed by atoms with van der Waals surface area (Å²) >= 11 is 1.51. The Balaban J connectivity index is 1.58. The molecule has 0 saturated carbocycles. The zero-order chi connectivity index (χ0) is 24.5. The predicted molar refractivity (Wildman–Crippen MR) is 137 cm³/mol. The summed E-state index contributed by atoms with van der Waals surface area (Å²) in [5.41, 5.74) is 3.69. The standard InChI is InChI=1S/C26H28N4O4S/c1-5-32-17-9-10-19-22(13-17)35-26(27-19)30-25-24(15(4)29-30)18(14-23(31)28-25)16-8-11-20(33-6-2)21(12-16)34-7-3/h8-13,18H,5-7,14H2,1-4H3,(H,28,31)/t18-/m0/s1. The Bertz CT molecular complexity index is 1390. The third-order valence-electron chi connectivity index (χ3n) is 5.91. The number of ether oxygens (including phenoxy) is 3. The summed E-state index contributed by atoms with van der Waals surface area (Å²) in [4.78, 5) is 17.6. The summed E-state index contributed by atoms with van der Waals surface area (Å²) in [7, 11) is 0. The Kier molecular flexibility index (Phi) is 6.34. The number of hydrogen-bond acceptors (Lipinski definition) is 7. The largest absolute Gasteiger partial charge is 0.494 e. The third-order valence-corrected chi connectivity index (χ3v) is 6.91. The molecule has 0 unspecified atom stereocenters. The fraction of sp³-hybridized carbons (Fsp3) is 0.346. The summed E-state index contributed by atoms with van der Waals surface area (Å²) in [6.45, 7) is 9.50. The van der Waals surface area contributed by atoms with Crippen LogP contribution in [0.5, 0.6) is 17.2 Å². The van der Waals surface area contributed by atoms with Gasteiger partial charge < -0.3 is 19.5 Å². The van der Waals surface area contributed by atoms with E-state index in [1.54, 1.807) is 4.68 Å². The molecule has 1 amide bonds. The van der Waals surface area contributed by atoms with Gasteiger partial charge in [-0.05, 0) is 63.6 Å². The second-order valence-electron chi connectivity index (χ2n) is 8.20. The van der Waals surface area contributed by atoms with Crippen LogP contribution in [0.1, 0.15) is 49.9 Å². The SMILES string of the molecule is CCOc1ccc2nc(-n3nc(C)c4c3NC(=O)C[C@H]4c3ccc(OCC)c(OCC)c3)sc2c1. The van der Waals surface area contributed by atoms with Gasteiger partial charge in [-0.1, -0.05) is 17.4 Å². The van der Waals surface area contributed by atoms with Crippen LogP contribution < -0.4 is 19.5 Å². The molecule has 1 aliphatic heterocycles. The number of nitrogens with zero attached hydrogens (tertiary/aromatic N) is 3. The van der Waals surface area contributed by atoms with Crippen molar-refractivity contribution in [2.75, 3.05) is 25.1 Å². The molecule has 0 fully saturated rings. The number of carbonyl (C=O) groups excluding carboxylic acids is 1. The van der Waals surface area contributed by atoms with E-state index in [4.69, 9.17) is 24.3 Å². The lowest BCUT2D eigenvalue weighted by Gasteiger charge is -2.25. The molecular weight excluding hydrogens is 464 g/mol. The molecule has 1 aliphatic rings. The first-order chi connectivity index (χ1) is 17.0. The molecule has 4 aromatic rings. The highest BCUT2D eigenvalue weighted by Crippen LogP contribution is 2.43. The molecule has 9 heteroatoms. The summed E-state index contributed by atoms with van der Waals surface area (Å²) in [5, 5.41) is 8.53. The van der Waals surface area contributed by atoms with Crippen molar-refractivity contribution >= 4 is 33.3 Å². The molecule has 2 aromatic carbocycles. The van der Waals surface area contributed by atoms with Crippen molar-refractivity contribution in [3.63, 3.8) is 0 Å². The number of benzene rings is 2. The van der Waals surface area contributed by atoms with E-state index in [0.29, 0.717) is 48.7 Å². The highest BCUT2D eigenvalue weighted by molar-refractivity contribution is 7.20. The van der Waals surface area contributed by atoms with Gasteiger partial charge in [0.05, 0.1) is 35.7 Å². The van der Waals surface area contributed by atoms with E-state index in [1.165, 1.54) is 11.3 Å². The average molecular weight is 493 g/mol. The van der Waals surface area contributed by atoms with Crippen LogP contribution in [0.15, 0.2) is 36.4 Å². The minimum absolute atomic E-state index is 0.0600. The van der Waals surface area contributed by atoms with Crippen molar-refractivity contribution in [1.82, 2.24) is 14.8 Å². The maximum atomic E-state index is 12.8. The zero-order valence-electron chi connectivity index (χ0n) is 20.3. The molecule has 0 spiro atoms. The lowest BCUT2D eigenvalue weighted by molar-refractivity contribution is -0.116. The first kappa shape index (κ1) is 23.2. The van der Waals surface area contributed by atoms with Gasteiger partial charge in [-0.3, -0.25) is 4.79 Å². The normalized spacial score (nSPS) is 15.1. The number of amides is 1. The number of aromatic nitrogens is 3. The molecule has 1 atom stereocenters. The minimum atomic E-state index is -0.152. The summed E-state index contributed by atoms with van der Waals surface area (Å²) in [6, 6.07) is 11.7. The van der Waals surface area contributed by atoms with Crippen molar-refractivity contribution < 1.29 is 19.0 Å². The van der Waals surface area contributed by atoms with Crippen molar-refractivity contribution in [3.05, 3.63) is 53.2 Å². The smallest absolute Gasteiger partial charge is 0.226 e. The highest BCUT2D eigenvalue weighted by atomic mass is 32.1. The molecule has 0 aliphatic carbocycles. The van der Waals surface area contributed by atoms with E-state index in [0.717, 1.165) is 32.8 Å². The van der Waals surface area contributed by atoms with Gasteiger partial charge in [-0.2, -0.15) is 9.78 Å². The van der Waals surface area contributed by atoms with Gasteiger partial charge in [-0.25, -0.2) is 4.98 Å². The molecule has 0 radical (unpaired) electrons. The minimum Gasteiger partial charge on any atom is -0.494 e. The van der Waals surface area contributed by atoms with Gasteiger partial charge in [0.1, 0.15) is 11.6 Å². The number of nitrogens with one attached hydrogen (secondary N) is 1. The first-order valence-corrected chi connectivity index (χ1v) is 12.7. The quantitative estimate of drug-likeness (QED) is 0.351. The Morgan fingerprint density at radius 1 is 1.03 bits per heavy atom. The third kappa shape index (κ3) is 4.32. The van der Waals surface area contributed by atoms with Crippen LogP contribution in [0.25, 0.3) is 15.3 Å². The van der Waals surface area contributed by atoms with Crippen LogP contribution in [0.3, 0.4) is 0 Å². The molecular formula is C26H28N4O4S. The molecule has 0 saturated heterocycles. The molecule has 8 nitrogen and oxygen atoms in total. The van der Waals surface area contributed by atoms with Crippen LogP contribution in [-0.2, 0) is 4.79 Å². The zero-order valence-corrected chi connectivity index (χ0v) is 21.1. The second-order valence-corrected chi connectivity index (χ2v) is 9.20. The van der Waals surface area contributed by atoms with E-state index < -0.39 is 0 Å². The molecule has 35 heavy (non-hydrogen) atoms. The first-order valence-electron chi connectivity index (χ1n) is 11.8. The van der Waals surface area contributed by atoms with E-state index in [9.17, 15) is 4.79 Å². The van der Waals surface area contributed by atoms with Crippen LogP contribution >= 0.6 is 11.3 Å². The van der Waals surface area contributed by atoms with E-state index in [-0.39, 0.29) is 11.8 Å². The fourth-order valence-corrected chi connectivity index (χ4v) is 5.45. The molecule has 5 rings (SSSR count). The molecule has 1 N–H and O–H groups in total. The topological polar surface area (TPSA) is 87.5 Å². The lowest BCUT2D eigenvalue weighted by Crippen LogP contribution is -2.25. The van der Waals surface area contributed by atoms with E-state index in [2.05, 4.69) is 5.32 Å². The maximum absolute atomic E-state index is 12.8. The molecule has 3 heterocycles. The number of thiazole rings is 1. The van der Waals surface area contributed by atoms with Crippen molar-refractivity contribution in [2.45, 2.75) is 40.0 Å². The summed E-state index contributed by atoms with van der Waals surface area (Å²) in [5.74, 6) is 2.65. The van der Waals surface area contributed by atoms with Crippen LogP contribution in [0.4, 0.5) is 5.82 Å². The summed E-state index contributed by atoms with van der Waals surface area (Å²) < 4.78 is 19.9. The van der Waals surface area contributed by atoms with Gasteiger partial charge >= 0.3 is 0 Å². The molecule has 0 bridgehead atoms. The van der Waals surface area contributed by atoms with E-state index in [1.807, 2.05) is 64.1 Å². The Morgan fingerprint density at radius 3 is 2.57 bits per heavy atom. The van der Waals surface area contributed by atoms with Gasteiger partial charge in [0.2, 0.25) is 11.0 Å². The molecule has 2 aromatic heterocycles. The average Bonchev–Trinajstić information content (AvgIpc) is 3.40. The van der Waals surface area contributed by atoms with Crippen molar-refractivity contribution in [1.29, 1.82) is 0 Å². The monoisotopic (exact) mass is 492 g/mol. The molecule has 182 valence electrons. The number of anilines is 1. The van der Waals surface area contributed by atoms with Crippen LogP contribution in [-0.4, -0.2) is 40.5 Å². The van der Waals surface area contributed by atoms with Gasteiger partial charge in [-0.15, -0.1) is 0 Å². The second kappa shape index (κ2) is 9.58. The Morgan fingerprint density at radius 2 is 1.80 bits per heavy atom. The van der Waals surface area contributed by atoms with Crippen molar-refractivity contribution in [3.8, 4) is 22.4 Å². The number of fused-ring (bicyclic) bond motifs is 2. The lowest BCUT2D eigenvalue weighted by atomic mass is 9.85. The maximum Gasteiger partial charge on any atom is 0.226 e. The number of rotatable bonds is 8. The fourth-order valence-electron chi connectivity index (χ4n) is 4.49. The van der Waals surface area contributed by atoms with Crippen LogP contribution in [0, 0.1) is 6.92 Å². The number of carbonyl (C=O) groups is 1. The van der Waals surface area contributed by atoms with Crippen LogP contribution in [0.2, 0.25) is 0 Å². The number of aryl methyl sites for hydroxylation is 1. The van der Waals surface area contributed by atoms with Gasteiger partial charge in [0.15, 0.2) is 11.5 Å². The van der Waals surface area contributed by atoms with Gasteiger partial charge in [0, 0.05) is 17.9 Å². The Labute approximate surface area is 207 Å². The summed E-state index contributed by atoms with van der Waals surface area (Å²) in [6.07, 6.45) is 0.330. The van der Waals surface area contributed by atoms with E-state index >= 15 is 0 Å². The number of hydrogen-bond donors (Lipinski definition) is 1. The Hall–Kier alpha value is -3.59.